The molecule has 0 heterocycles. The second-order valence-corrected chi connectivity index (χ2v) is 2.40. The minimum atomic E-state index is -0.0648. The van der Waals surface area contributed by atoms with Crippen molar-refractivity contribution in [3.8, 4) is 0 Å². The van der Waals surface area contributed by atoms with Gasteiger partial charge >= 0.3 is 0 Å². The molecule has 0 radical (unpaired) electrons. The molecule has 0 aliphatic rings. The molecule has 0 aliphatic heterocycles. The number of carbonyl (C=O) groups is 1. The zero-order valence-corrected chi connectivity index (χ0v) is 7.62. The van der Waals surface area contributed by atoms with Gasteiger partial charge in [0.15, 0.2) is 0 Å². The van der Waals surface area contributed by atoms with E-state index in [-0.39, 0.29) is 12.9 Å². The van der Waals surface area contributed by atoms with Gasteiger partial charge in [-0.15, -0.1) is 0 Å². The van der Waals surface area contributed by atoms with Gasteiger partial charge in [0.1, 0.15) is 13.1 Å². The summed E-state index contributed by atoms with van der Waals surface area (Å²) in [4.78, 5) is 10.0. The molecular formula is C8H16O4. The molecular weight excluding hydrogens is 160 g/mol. The van der Waals surface area contributed by atoms with Crippen molar-refractivity contribution in [3.05, 3.63) is 0 Å². The van der Waals surface area contributed by atoms with Gasteiger partial charge in [0.05, 0.1) is 19.3 Å². The topological polar surface area (TPSA) is 44.8 Å². The minimum absolute atomic E-state index is 0.0648. The Bertz CT molecular complexity index is 105. The van der Waals surface area contributed by atoms with Crippen LogP contribution < -0.4 is 0 Å². The van der Waals surface area contributed by atoms with Gasteiger partial charge in [0, 0.05) is 13.5 Å². The monoisotopic (exact) mass is 176 g/mol. The van der Waals surface area contributed by atoms with Crippen molar-refractivity contribution in [1.82, 2.24) is 0 Å². The Balaban J connectivity index is 3.02. The van der Waals surface area contributed by atoms with E-state index in [9.17, 15) is 4.79 Å². The molecule has 0 fully saturated rings. The largest absolute Gasteiger partial charge is 0.382 e. The number of hydrogen-bond donors (Lipinski definition) is 0. The van der Waals surface area contributed by atoms with Gasteiger partial charge in [0.2, 0.25) is 0 Å². The molecule has 12 heavy (non-hydrogen) atoms. The Kier molecular flexibility index (Phi) is 8.32. The molecule has 1 atom stereocenters. The molecule has 0 unspecified atom stereocenters. The van der Waals surface area contributed by atoms with E-state index in [1.807, 2.05) is 6.92 Å². The number of hydrogen-bond acceptors (Lipinski definition) is 4. The Morgan fingerprint density at radius 2 is 2.17 bits per heavy atom. The van der Waals surface area contributed by atoms with Crippen molar-refractivity contribution in [2.45, 2.75) is 19.4 Å². The van der Waals surface area contributed by atoms with Gasteiger partial charge in [-0.05, 0) is 6.92 Å². The molecule has 0 saturated carbocycles. The lowest BCUT2D eigenvalue weighted by Crippen LogP contribution is -2.13. The first-order valence-electron chi connectivity index (χ1n) is 3.93. The van der Waals surface area contributed by atoms with Crippen LogP contribution in [0.15, 0.2) is 0 Å². The molecule has 0 bridgehead atoms. The predicted molar refractivity (Wildman–Crippen MR) is 43.9 cm³/mol. The number of aldehydes is 1. The summed E-state index contributed by atoms with van der Waals surface area (Å²) < 4.78 is 14.9. The summed E-state index contributed by atoms with van der Waals surface area (Å²) >= 11 is 0. The molecule has 0 N–H and O–H groups in total. The summed E-state index contributed by atoms with van der Waals surface area (Å²) in [5, 5.41) is 0. The van der Waals surface area contributed by atoms with E-state index in [1.165, 1.54) is 0 Å². The highest BCUT2D eigenvalue weighted by atomic mass is 16.7. The quantitative estimate of drug-likeness (QED) is 0.308. The second-order valence-electron chi connectivity index (χ2n) is 2.40. The van der Waals surface area contributed by atoms with E-state index >= 15 is 0 Å². The van der Waals surface area contributed by atoms with Gasteiger partial charge in [0.25, 0.3) is 0 Å². The fourth-order valence-corrected chi connectivity index (χ4v) is 0.569. The molecule has 0 aromatic heterocycles. The van der Waals surface area contributed by atoms with Crippen molar-refractivity contribution in [1.29, 1.82) is 0 Å². The van der Waals surface area contributed by atoms with Crippen LogP contribution in [0.2, 0.25) is 0 Å². The van der Waals surface area contributed by atoms with Crippen LogP contribution in [0.1, 0.15) is 13.3 Å². The Morgan fingerprint density at radius 3 is 2.75 bits per heavy atom. The van der Waals surface area contributed by atoms with Crippen molar-refractivity contribution in [2.24, 2.45) is 0 Å². The van der Waals surface area contributed by atoms with E-state index in [0.717, 1.165) is 6.29 Å². The lowest BCUT2D eigenvalue weighted by Gasteiger charge is -2.09. The molecule has 0 aromatic carbocycles. The third-order valence-electron chi connectivity index (χ3n) is 1.30. The van der Waals surface area contributed by atoms with E-state index in [2.05, 4.69) is 0 Å². The van der Waals surface area contributed by atoms with Crippen LogP contribution in [0.5, 0.6) is 0 Å². The number of carbonyl (C=O) groups excluding carboxylic acids is 1. The van der Waals surface area contributed by atoms with E-state index < -0.39 is 0 Å². The van der Waals surface area contributed by atoms with Gasteiger partial charge < -0.3 is 19.0 Å². The lowest BCUT2D eigenvalue weighted by molar-refractivity contribution is -0.117. The Morgan fingerprint density at radius 1 is 1.42 bits per heavy atom. The van der Waals surface area contributed by atoms with Crippen LogP contribution in [-0.4, -0.2) is 39.5 Å². The highest BCUT2D eigenvalue weighted by molar-refractivity contribution is 5.49. The predicted octanol–water partition coefficient (Wildman–Crippen LogP) is 0.601. The summed E-state index contributed by atoms with van der Waals surface area (Å²) in [5.74, 6) is 0. The van der Waals surface area contributed by atoms with Gasteiger partial charge in [-0.3, -0.25) is 0 Å². The maximum atomic E-state index is 10.0. The molecule has 4 heteroatoms. The van der Waals surface area contributed by atoms with Crippen LogP contribution in [0.3, 0.4) is 0 Å². The fraction of sp³-hybridized carbons (Fsp3) is 0.875. The standard InChI is InChI=1S/C8H16O4/c1-8(3-4-9)12-7-11-6-5-10-2/h4,8H,3,5-7H2,1-2H3/t8-/m0/s1. The zero-order chi connectivity index (χ0) is 9.23. The van der Waals surface area contributed by atoms with Crippen LogP contribution in [0.25, 0.3) is 0 Å². The third-order valence-corrected chi connectivity index (χ3v) is 1.30. The van der Waals surface area contributed by atoms with Gasteiger partial charge in [-0.2, -0.15) is 0 Å². The first-order valence-corrected chi connectivity index (χ1v) is 3.93. The second kappa shape index (κ2) is 8.64. The molecule has 0 rings (SSSR count). The van der Waals surface area contributed by atoms with E-state index in [1.54, 1.807) is 7.11 Å². The number of rotatable bonds is 8. The fourth-order valence-electron chi connectivity index (χ4n) is 0.569. The van der Waals surface area contributed by atoms with Crippen molar-refractivity contribution in [2.75, 3.05) is 27.1 Å². The zero-order valence-electron chi connectivity index (χ0n) is 7.62. The van der Waals surface area contributed by atoms with Crippen molar-refractivity contribution in [3.63, 3.8) is 0 Å². The molecule has 0 aliphatic carbocycles. The number of ether oxygens (including phenoxy) is 3. The molecule has 0 spiro atoms. The first-order chi connectivity index (χ1) is 5.81. The molecule has 0 amide bonds. The van der Waals surface area contributed by atoms with Gasteiger partial charge in [-0.1, -0.05) is 0 Å². The molecule has 0 aromatic rings. The summed E-state index contributed by atoms with van der Waals surface area (Å²) in [6.45, 7) is 3.13. The maximum Gasteiger partial charge on any atom is 0.147 e. The molecule has 4 nitrogen and oxygen atoms in total. The normalized spacial score (nSPS) is 12.8. The van der Waals surface area contributed by atoms with Gasteiger partial charge in [-0.25, -0.2) is 0 Å². The number of methoxy groups -OCH3 is 1. The highest BCUT2D eigenvalue weighted by Gasteiger charge is 1.99. The van der Waals surface area contributed by atoms with Crippen LogP contribution in [-0.2, 0) is 19.0 Å². The SMILES string of the molecule is COCCOCO[C@@H](C)CC=O. The Hall–Kier alpha value is -0.450. The summed E-state index contributed by atoms with van der Waals surface area (Å²) in [7, 11) is 1.61. The molecule has 0 saturated heterocycles. The van der Waals surface area contributed by atoms with Crippen LogP contribution in [0, 0.1) is 0 Å². The van der Waals surface area contributed by atoms with E-state index in [4.69, 9.17) is 14.2 Å². The third kappa shape index (κ3) is 7.65. The van der Waals surface area contributed by atoms with E-state index in [0.29, 0.717) is 19.6 Å². The summed E-state index contributed by atoms with van der Waals surface area (Å²) in [6.07, 6.45) is 1.18. The first kappa shape index (κ1) is 11.6. The average Bonchev–Trinajstić information content (AvgIpc) is 2.05. The van der Waals surface area contributed by atoms with Crippen molar-refractivity contribution >= 4 is 6.29 Å². The molecule has 72 valence electrons. The average molecular weight is 176 g/mol. The lowest BCUT2D eigenvalue weighted by atomic mass is 10.3. The van der Waals surface area contributed by atoms with Crippen LogP contribution >= 0.6 is 0 Å². The highest BCUT2D eigenvalue weighted by Crippen LogP contribution is 1.93. The van der Waals surface area contributed by atoms with Crippen molar-refractivity contribution < 1.29 is 19.0 Å². The summed E-state index contributed by atoms with van der Waals surface area (Å²) in [5.41, 5.74) is 0. The van der Waals surface area contributed by atoms with Crippen LogP contribution in [0.4, 0.5) is 0 Å². The smallest absolute Gasteiger partial charge is 0.147 e. The minimum Gasteiger partial charge on any atom is -0.382 e. The Labute approximate surface area is 72.8 Å². The maximum absolute atomic E-state index is 10.0. The summed E-state index contributed by atoms with van der Waals surface area (Å²) in [6, 6.07) is 0.